The molecular weight excluding hydrogens is 327 g/mol. The second-order valence-electron chi connectivity index (χ2n) is 3.66. The molecule has 0 aliphatic carbocycles. The number of nitrogens with two attached hydrogens (primary N) is 1. The zero-order chi connectivity index (χ0) is 14.0. The number of rotatable bonds is 3. The SMILES string of the molecule is Cl.Nc1cc(Oc2ccc([N+](=O)[O-])cc2)c(Cl)cc1Cl. The number of nitro benzene ring substituents is 1. The summed E-state index contributed by atoms with van der Waals surface area (Å²) >= 11 is 11.8. The highest BCUT2D eigenvalue weighted by atomic mass is 35.5. The van der Waals surface area contributed by atoms with Crippen LogP contribution in [0.2, 0.25) is 10.0 Å². The van der Waals surface area contributed by atoms with Crippen LogP contribution in [0.5, 0.6) is 11.5 Å². The fraction of sp³-hybridized carbons (Fsp3) is 0. The summed E-state index contributed by atoms with van der Waals surface area (Å²) in [6.07, 6.45) is 0. The number of anilines is 1. The summed E-state index contributed by atoms with van der Waals surface area (Å²) in [5, 5.41) is 11.2. The number of nitrogens with zero attached hydrogens (tertiary/aromatic N) is 1. The van der Waals surface area contributed by atoms with Crippen molar-refractivity contribution in [2.75, 3.05) is 5.73 Å². The summed E-state index contributed by atoms with van der Waals surface area (Å²) in [5.41, 5.74) is 5.96. The topological polar surface area (TPSA) is 78.4 Å². The lowest BCUT2D eigenvalue weighted by molar-refractivity contribution is -0.384. The average molecular weight is 336 g/mol. The van der Waals surface area contributed by atoms with Gasteiger partial charge in [-0.2, -0.15) is 0 Å². The monoisotopic (exact) mass is 334 g/mol. The molecule has 2 N–H and O–H groups in total. The van der Waals surface area contributed by atoms with Gasteiger partial charge < -0.3 is 10.5 Å². The molecule has 0 aromatic heterocycles. The van der Waals surface area contributed by atoms with Crippen LogP contribution in [0.15, 0.2) is 36.4 Å². The second kappa shape index (κ2) is 6.65. The fourth-order valence-corrected chi connectivity index (χ4v) is 1.81. The van der Waals surface area contributed by atoms with Crippen molar-refractivity contribution in [3.05, 3.63) is 56.6 Å². The predicted molar refractivity (Wildman–Crippen MR) is 81.3 cm³/mol. The molecule has 0 aliphatic heterocycles. The van der Waals surface area contributed by atoms with Crippen molar-refractivity contribution in [3.63, 3.8) is 0 Å². The molecule has 5 nitrogen and oxygen atoms in total. The van der Waals surface area contributed by atoms with E-state index in [4.69, 9.17) is 33.7 Å². The Kier molecular flexibility index (Phi) is 5.44. The first-order valence-corrected chi connectivity index (χ1v) is 5.90. The van der Waals surface area contributed by atoms with Crippen LogP contribution in [0.1, 0.15) is 0 Å². The number of non-ortho nitro benzene ring substituents is 1. The largest absolute Gasteiger partial charge is 0.456 e. The number of benzene rings is 2. The van der Waals surface area contributed by atoms with E-state index in [-0.39, 0.29) is 18.1 Å². The van der Waals surface area contributed by atoms with Gasteiger partial charge in [0.05, 0.1) is 20.7 Å². The van der Waals surface area contributed by atoms with E-state index in [1.807, 2.05) is 0 Å². The zero-order valence-corrected chi connectivity index (χ0v) is 12.2. The lowest BCUT2D eigenvalue weighted by Crippen LogP contribution is -1.91. The third kappa shape index (κ3) is 3.66. The second-order valence-corrected chi connectivity index (χ2v) is 4.47. The molecule has 8 heteroatoms. The molecule has 0 unspecified atom stereocenters. The Labute approximate surface area is 130 Å². The van der Waals surface area contributed by atoms with Gasteiger partial charge in [-0.3, -0.25) is 10.1 Å². The molecule has 0 saturated carbocycles. The van der Waals surface area contributed by atoms with Crippen LogP contribution < -0.4 is 10.5 Å². The Bertz CT molecular complexity index is 633. The minimum Gasteiger partial charge on any atom is -0.456 e. The van der Waals surface area contributed by atoms with Gasteiger partial charge >= 0.3 is 0 Å². The molecule has 0 bridgehead atoms. The summed E-state index contributed by atoms with van der Waals surface area (Å²) < 4.78 is 5.49. The zero-order valence-electron chi connectivity index (χ0n) is 9.88. The molecular formula is C12H9Cl3N2O3. The number of hydrogen-bond donors (Lipinski definition) is 1. The van der Waals surface area contributed by atoms with Gasteiger partial charge in [-0.1, -0.05) is 23.2 Å². The third-order valence-electron chi connectivity index (χ3n) is 2.33. The van der Waals surface area contributed by atoms with E-state index in [0.717, 1.165) is 0 Å². The van der Waals surface area contributed by atoms with Crippen molar-refractivity contribution in [3.8, 4) is 11.5 Å². The standard InChI is InChI=1S/C12H8Cl2N2O3.ClH/c13-9-5-10(14)12(6-11(9)15)19-8-3-1-7(2-4-8)16(17)18;/h1-6H,15H2;1H. The number of hydrogen-bond acceptors (Lipinski definition) is 4. The van der Waals surface area contributed by atoms with E-state index in [2.05, 4.69) is 0 Å². The first-order valence-electron chi connectivity index (χ1n) is 5.14. The first-order chi connectivity index (χ1) is 8.97. The molecule has 2 rings (SSSR count). The lowest BCUT2D eigenvalue weighted by Gasteiger charge is -2.09. The molecule has 0 spiro atoms. The molecule has 0 radical (unpaired) electrons. The maximum Gasteiger partial charge on any atom is 0.269 e. The molecule has 0 atom stereocenters. The van der Waals surface area contributed by atoms with Crippen LogP contribution in [0.4, 0.5) is 11.4 Å². The number of nitrogen functional groups attached to an aromatic ring is 1. The van der Waals surface area contributed by atoms with Crippen LogP contribution in [0, 0.1) is 10.1 Å². The van der Waals surface area contributed by atoms with Gasteiger partial charge in [-0.05, 0) is 18.2 Å². The van der Waals surface area contributed by atoms with E-state index in [9.17, 15) is 10.1 Å². The third-order valence-corrected chi connectivity index (χ3v) is 2.95. The lowest BCUT2D eigenvalue weighted by atomic mass is 10.3. The smallest absolute Gasteiger partial charge is 0.269 e. The highest BCUT2D eigenvalue weighted by molar-refractivity contribution is 6.37. The molecule has 2 aromatic rings. The molecule has 0 heterocycles. The van der Waals surface area contributed by atoms with Crippen LogP contribution in [-0.4, -0.2) is 4.92 Å². The molecule has 0 fully saturated rings. The highest BCUT2D eigenvalue weighted by Gasteiger charge is 2.09. The maximum absolute atomic E-state index is 10.5. The number of nitro groups is 1. The Balaban J connectivity index is 0.00000200. The quantitative estimate of drug-likeness (QED) is 0.501. The van der Waals surface area contributed by atoms with E-state index < -0.39 is 4.92 Å². The van der Waals surface area contributed by atoms with Gasteiger partial charge in [0.25, 0.3) is 5.69 Å². The molecule has 20 heavy (non-hydrogen) atoms. The summed E-state index contributed by atoms with van der Waals surface area (Å²) in [7, 11) is 0. The van der Waals surface area contributed by atoms with E-state index in [0.29, 0.717) is 27.2 Å². The Morgan fingerprint density at radius 2 is 1.70 bits per heavy atom. The molecule has 0 amide bonds. The van der Waals surface area contributed by atoms with Gasteiger partial charge in [0, 0.05) is 18.2 Å². The summed E-state index contributed by atoms with van der Waals surface area (Å²) in [5.74, 6) is 0.742. The average Bonchev–Trinajstić information content (AvgIpc) is 2.36. The van der Waals surface area contributed by atoms with E-state index in [1.165, 1.54) is 36.4 Å². The Morgan fingerprint density at radius 3 is 2.25 bits per heavy atom. The van der Waals surface area contributed by atoms with Gasteiger partial charge in [-0.15, -0.1) is 12.4 Å². The summed E-state index contributed by atoms with van der Waals surface area (Å²) in [6, 6.07) is 8.58. The number of ether oxygens (including phenoxy) is 1. The van der Waals surface area contributed by atoms with Gasteiger partial charge in [0.2, 0.25) is 0 Å². The van der Waals surface area contributed by atoms with Gasteiger partial charge in [0.15, 0.2) is 0 Å². The molecule has 106 valence electrons. The normalized spacial score (nSPS) is 9.70. The van der Waals surface area contributed by atoms with E-state index >= 15 is 0 Å². The molecule has 0 aliphatic rings. The van der Waals surface area contributed by atoms with Crippen molar-refractivity contribution in [2.45, 2.75) is 0 Å². The highest BCUT2D eigenvalue weighted by Crippen LogP contribution is 2.35. The molecule has 2 aromatic carbocycles. The first kappa shape index (κ1) is 16.4. The minimum atomic E-state index is -0.489. The van der Waals surface area contributed by atoms with Crippen molar-refractivity contribution < 1.29 is 9.66 Å². The van der Waals surface area contributed by atoms with Crippen molar-refractivity contribution in [1.82, 2.24) is 0 Å². The predicted octanol–water partition coefficient (Wildman–Crippen LogP) is 4.70. The Morgan fingerprint density at radius 1 is 1.10 bits per heavy atom. The number of halogens is 3. The molecule has 0 saturated heterocycles. The van der Waals surface area contributed by atoms with Crippen molar-refractivity contribution in [2.24, 2.45) is 0 Å². The Hall–Kier alpha value is -1.69. The fourth-order valence-electron chi connectivity index (χ4n) is 1.39. The van der Waals surface area contributed by atoms with Crippen LogP contribution in [0.25, 0.3) is 0 Å². The van der Waals surface area contributed by atoms with Gasteiger partial charge in [-0.25, -0.2) is 0 Å². The van der Waals surface area contributed by atoms with Crippen LogP contribution in [-0.2, 0) is 0 Å². The summed E-state index contributed by atoms with van der Waals surface area (Å²) in [4.78, 5) is 10.0. The van der Waals surface area contributed by atoms with Crippen LogP contribution in [0.3, 0.4) is 0 Å². The van der Waals surface area contributed by atoms with Crippen molar-refractivity contribution in [1.29, 1.82) is 0 Å². The maximum atomic E-state index is 10.5. The minimum absolute atomic E-state index is 0. The summed E-state index contributed by atoms with van der Waals surface area (Å²) in [6.45, 7) is 0. The van der Waals surface area contributed by atoms with E-state index in [1.54, 1.807) is 0 Å². The van der Waals surface area contributed by atoms with Crippen molar-refractivity contribution >= 4 is 47.0 Å². The van der Waals surface area contributed by atoms with Crippen LogP contribution >= 0.6 is 35.6 Å². The van der Waals surface area contributed by atoms with Gasteiger partial charge in [0.1, 0.15) is 11.5 Å².